The van der Waals surface area contributed by atoms with Gasteiger partial charge in [-0.1, -0.05) is 64.8 Å². The second kappa shape index (κ2) is 9.02. The molecule has 0 spiro atoms. The molecule has 1 N–H and O–H groups in total. The topological polar surface area (TPSA) is 46.5 Å². The van der Waals surface area contributed by atoms with Crippen LogP contribution in [0.3, 0.4) is 0 Å². The highest BCUT2D eigenvalue weighted by Gasteiger charge is 2.37. The number of fused-ring (bicyclic) bond motifs is 1. The highest BCUT2D eigenvalue weighted by molar-refractivity contribution is 5.88. The lowest BCUT2D eigenvalue weighted by atomic mass is 9.63. The minimum atomic E-state index is -0.918. The van der Waals surface area contributed by atoms with Crippen molar-refractivity contribution in [3.63, 3.8) is 0 Å². The van der Waals surface area contributed by atoms with Gasteiger partial charge in [-0.2, -0.15) is 0 Å². The molecule has 0 fully saturated rings. The lowest BCUT2D eigenvalue weighted by molar-refractivity contribution is 0.0697. The Labute approximate surface area is 186 Å². The van der Waals surface area contributed by atoms with E-state index in [-0.39, 0.29) is 16.4 Å². The van der Waals surface area contributed by atoms with Crippen molar-refractivity contribution in [2.75, 3.05) is 6.61 Å². The van der Waals surface area contributed by atoms with E-state index in [9.17, 15) is 4.79 Å². The van der Waals surface area contributed by atoms with Crippen molar-refractivity contribution in [2.45, 2.75) is 64.7 Å². The molecule has 0 heterocycles. The maximum Gasteiger partial charge on any atom is 0.335 e. The Morgan fingerprint density at radius 3 is 2.19 bits per heavy atom. The highest BCUT2D eigenvalue weighted by atomic mass is 16.5. The standard InChI is InChI=1S/C28H32O3/c1-6-7-8-17-31-25-19-24-23(27(2,3)15-16-28(24,4)5)18-22(25)14-11-20-9-12-21(13-10-20)26(29)30/h9-14,18-19H,6,15-17H2,1-5H3,(H,29,30)/b14-11+. The van der Waals surface area contributed by atoms with Gasteiger partial charge in [-0.05, 0) is 64.6 Å². The molecule has 0 unspecified atom stereocenters. The first-order valence-electron chi connectivity index (χ1n) is 10.9. The van der Waals surface area contributed by atoms with Gasteiger partial charge in [0.05, 0.1) is 5.56 Å². The highest BCUT2D eigenvalue weighted by Crippen LogP contribution is 2.47. The van der Waals surface area contributed by atoms with Crippen LogP contribution in [0.5, 0.6) is 5.75 Å². The third-order valence-electron chi connectivity index (χ3n) is 6.20. The molecule has 0 saturated heterocycles. The van der Waals surface area contributed by atoms with E-state index in [0.29, 0.717) is 6.61 Å². The first-order chi connectivity index (χ1) is 14.6. The van der Waals surface area contributed by atoms with E-state index in [1.807, 2.05) is 25.1 Å². The first-order valence-corrected chi connectivity index (χ1v) is 10.9. The van der Waals surface area contributed by atoms with Crippen molar-refractivity contribution in [3.05, 3.63) is 64.2 Å². The van der Waals surface area contributed by atoms with Crippen LogP contribution in [0.2, 0.25) is 0 Å². The molecule has 2 aromatic rings. The molecule has 3 rings (SSSR count). The van der Waals surface area contributed by atoms with Gasteiger partial charge in [0.1, 0.15) is 12.4 Å². The fourth-order valence-corrected chi connectivity index (χ4v) is 4.08. The first kappa shape index (κ1) is 22.7. The van der Waals surface area contributed by atoms with E-state index >= 15 is 0 Å². The molecular formula is C28H32O3. The van der Waals surface area contributed by atoms with Crippen LogP contribution in [0, 0.1) is 11.8 Å². The third-order valence-corrected chi connectivity index (χ3v) is 6.20. The molecule has 0 amide bonds. The lowest BCUT2D eigenvalue weighted by Crippen LogP contribution is -2.34. The largest absolute Gasteiger partial charge is 0.480 e. The van der Waals surface area contributed by atoms with E-state index in [4.69, 9.17) is 9.84 Å². The number of carbonyl (C=O) groups is 1. The summed E-state index contributed by atoms with van der Waals surface area (Å²) in [5.41, 5.74) is 5.18. The summed E-state index contributed by atoms with van der Waals surface area (Å²) < 4.78 is 6.10. The lowest BCUT2D eigenvalue weighted by Gasteiger charge is -2.42. The number of carboxylic acid groups (broad SMARTS) is 1. The van der Waals surface area contributed by atoms with Crippen LogP contribution in [0.15, 0.2) is 36.4 Å². The molecule has 0 saturated carbocycles. The van der Waals surface area contributed by atoms with Gasteiger partial charge in [0, 0.05) is 12.0 Å². The van der Waals surface area contributed by atoms with Gasteiger partial charge in [0.25, 0.3) is 0 Å². The molecule has 3 heteroatoms. The van der Waals surface area contributed by atoms with Crippen LogP contribution in [0.4, 0.5) is 0 Å². The molecule has 0 aliphatic heterocycles. The van der Waals surface area contributed by atoms with Crippen LogP contribution < -0.4 is 4.74 Å². The maximum absolute atomic E-state index is 11.1. The fraction of sp³-hybridized carbons (Fsp3) is 0.393. The van der Waals surface area contributed by atoms with Crippen molar-refractivity contribution >= 4 is 18.1 Å². The summed E-state index contributed by atoms with van der Waals surface area (Å²) in [6, 6.07) is 11.4. The summed E-state index contributed by atoms with van der Waals surface area (Å²) in [5.74, 6) is 6.05. The number of carboxylic acids is 1. The van der Waals surface area contributed by atoms with E-state index in [0.717, 1.165) is 36.1 Å². The van der Waals surface area contributed by atoms with Gasteiger partial charge in [-0.3, -0.25) is 0 Å². The molecule has 1 aliphatic carbocycles. The minimum absolute atomic E-state index is 0.104. The van der Waals surface area contributed by atoms with Crippen LogP contribution >= 0.6 is 0 Å². The summed E-state index contributed by atoms with van der Waals surface area (Å²) in [6.45, 7) is 11.6. The molecule has 31 heavy (non-hydrogen) atoms. The fourth-order valence-electron chi connectivity index (χ4n) is 4.08. The summed E-state index contributed by atoms with van der Waals surface area (Å²) >= 11 is 0. The van der Waals surface area contributed by atoms with Gasteiger partial charge in [0.15, 0.2) is 0 Å². The second-order valence-corrected chi connectivity index (χ2v) is 9.46. The average Bonchev–Trinajstić information content (AvgIpc) is 2.73. The number of benzene rings is 2. The molecule has 0 atom stereocenters. The maximum atomic E-state index is 11.1. The predicted octanol–water partition coefficient (Wildman–Crippen LogP) is 6.70. The third kappa shape index (κ3) is 5.20. The Kier molecular flexibility index (Phi) is 6.60. The van der Waals surface area contributed by atoms with Gasteiger partial charge < -0.3 is 9.84 Å². The van der Waals surface area contributed by atoms with E-state index in [1.165, 1.54) is 11.1 Å². The molecule has 1 aliphatic rings. The Hall–Kier alpha value is -2.99. The molecule has 0 bridgehead atoms. The molecule has 2 aromatic carbocycles. The summed E-state index contributed by atoms with van der Waals surface area (Å²) in [7, 11) is 0. The molecule has 0 radical (unpaired) electrons. The smallest absolute Gasteiger partial charge is 0.335 e. The molecule has 0 aromatic heterocycles. The Bertz CT molecular complexity index is 1040. The molecular weight excluding hydrogens is 384 g/mol. The van der Waals surface area contributed by atoms with Crippen LogP contribution in [-0.2, 0) is 10.8 Å². The van der Waals surface area contributed by atoms with Crippen LogP contribution in [-0.4, -0.2) is 17.7 Å². The Morgan fingerprint density at radius 2 is 1.61 bits per heavy atom. The molecule has 162 valence electrons. The van der Waals surface area contributed by atoms with Crippen molar-refractivity contribution in [1.82, 2.24) is 0 Å². The van der Waals surface area contributed by atoms with E-state index < -0.39 is 5.97 Å². The van der Waals surface area contributed by atoms with Crippen LogP contribution in [0.25, 0.3) is 12.2 Å². The number of rotatable bonds is 5. The zero-order valence-electron chi connectivity index (χ0n) is 19.2. The Balaban J connectivity index is 2.02. The van der Waals surface area contributed by atoms with Gasteiger partial charge in [-0.25, -0.2) is 4.79 Å². The van der Waals surface area contributed by atoms with Crippen molar-refractivity contribution in [1.29, 1.82) is 0 Å². The van der Waals surface area contributed by atoms with Crippen LogP contribution in [0.1, 0.15) is 86.5 Å². The minimum Gasteiger partial charge on any atom is -0.480 e. The number of hydrogen-bond acceptors (Lipinski definition) is 2. The summed E-state index contributed by atoms with van der Waals surface area (Å²) in [6.07, 6.45) is 7.16. The summed E-state index contributed by atoms with van der Waals surface area (Å²) in [5, 5.41) is 9.10. The van der Waals surface area contributed by atoms with Crippen molar-refractivity contribution in [2.24, 2.45) is 0 Å². The zero-order chi connectivity index (χ0) is 22.6. The van der Waals surface area contributed by atoms with E-state index in [1.54, 1.807) is 12.1 Å². The molecule has 3 nitrogen and oxygen atoms in total. The average molecular weight is 417 g/mol. The quantitative estimate of drug-likeness (QED) is 0.436. The zero-order valence-corrected chi connectivity index (χ0v) is 19.2. The summed E-state index contributed by atoms with van der Waals surface area (Å²) in [4.78, 5) is 11.1. The normalized spacial score (nSPS) is 16.3. The SMILES string of the molecule is CCC#CCOc1cc2c(cc1/C=C/c1ccc(C(=O)O)cc1)C(C)(C)CCC2(C)C. The number of aromatic carboxylic acids is 1. The van der Waals surface area contributed by atoms with Crippen molar-refractivity contribution in [3.8, 4) is 17.6 Å². The monoisotopic (exact) mass is 416 g/mol. The number of ether oxygens (including phenoxy) is 1. The van der Waals surface area contributed by atoms with Gasteiger partial charge >= 0.3 is 5.97 Å². The van der Waals surface area contributed by atoms with Gasteiger partial charge in [0.2, 0.25) is 0 Å². The van der Waals surface area contributed by atoms with Gasteiger partial charge in [-0.15, -0.1) is 5.92 Å². The van der Waals surface area contributed by atoms with Crippen molar-refractivity contribution < 1.29 is 14.6 Å². The predicted molar refractivity (Wildman–Crippen MR) is 128 cm³/mol. The van der Waals surface area contributed by atoms with E-state index in [2.05, 4.69) is 57.7 Å². The number of hydrogen-bond donors (Lipinski definition) is 1. The second-order valence-electron chi connectivity index (χ2n) is 9.46. The Morgan fingerprint density at radius 1 is 1.00 bits per heavy atom.